The Hall–Kier alpha value is -2.41. The Balaban J connectivity index is 1.98. The molecule has 98 valence electrons. The number of aromatic nitrogens is 1. The first-order valence-electron chi connectivity index (χ1n) is 5.35. The van der Waals surface area contributed by atoms with E-state index >= 15 is 0 Å². The van der Waals surface area contributed by atoms with Gasteiger partial charge in [-0.1, -0.05) is 6.07 Å². The summed E-state index contributed by atoms with van der Waals surface area (Å²) in [4.78, 5) is 27.1. The lowest BCUT2D eigenvalue weighted by atomic mass is 10.3. The number of nitrogens with zero attached hydrogens (tertiary/aromatic N) is 1. The number of carbonyl (C=O) groups is 2. The zero-order valence-corrected chi connectivity index (χ0v) is 10.9. The first-order valence-corrected chi connectivity index (χ1v) is 6.23. The van der Waals surface area contributed by atoms with Crippen LogP contribution in [-0.2, 0) is 9.59 Å². The van der Waals surface area contributed by atoms with Crippen molar-refractivity contribution in [3.8, 4) is 5.75 Å². The van der Waals surface area contributed by atoms with Gasteiger partial charge in [-0.25, -0.2) is 4.98 Å². The molecule has 0 aliphatic carbocycles. The van der Waals surface area contributed by atoms with Crippen LogP contribution in [0.25, 0.3) is 0 Å². The van der Waals surface area contributed by atoms with E-state index in [0.717, 1.165) is 0 Å². The van der Waals surface area contributed by atoms with Gasteiger partial charge in [0.1, 0.15) is 5.75 Å². The van der Waals surface area contributed by atoms with Gasteiger partial charge in [-0.3, -0.25) is 14.9 Å². The first kappa shape index (κ1) is 13.0. The Kier molecular flexibility index (Phi) is 4.09. The summed E-state index contributed by atoms with van der Waals surface area (Å²) in [6.45, 7) is 0. The number of benzene rings is 1. The van der Waals surface area contributed by atoms with E-state index in [0.29, 0.717) is 16.6 Å². The number of hydrogen-bond acceptors (Lipinski definition) is 5. The minimum absolute atomic E-state index is 0.380. The molecule has 0 aliphatic heterocycles. The fourth-order valence-corrected chi connectivity index (χ4v) is 1.85. The average Bonchev–Trinajstić information content (AvgIpc) is 2.91. The summed E-state index contributed by atoms with van der Waals surface area (Å²) in [5.41, 5.74) is 0.485. The second kappa shape index (κ2) is 5.96. The van der Waals surface area contributed by atoms with Crippen LogP contribution >= 0.6 is 11.3 Å². The van der Waals surface area contributed by atoms with E-state index in [2.05, 4.69) is 15.6 Å². The van der Waals surface area contributed by atoms with E-state index in [-0.39, 0.29) is 0 Å². The summed E-state index contributed by atoms with van der Waals surface area (Å²) >= 11 is 1.24. The second-order valence-corrected chi connectivity index (χ2v) is 4.37. The van der Waals surface area contributed by atoms with Gasteiger partial charge in [0.05, 0.1) is 7.11 Å². The van der Waals surface area contributed by atoms with E-state index in [1.165, 1.54) is 18.4 Å². The summed E-state index contributed by atoms with van der Waals surface area (Å²) in [7, 11) is 1.52. The van der Waals surface area contributed by atoms with Crippen molar-refractivity contribution < 1.29 is 14.3 Å². The molecule has 19 heavy (non-hydrogen) atoms. The van der Waals surface area contributed by atoms with E-state index < -0.39 is 11.8 Å². The minimum Gasteiger partial charge on any atom is -0.497 e. The van der Waals surface area contributed by atoms with Crippen LogP contribution in [0.15, 0.2) is 35.8 Å². The van der Waals surface area contributed by atoms with E-state index in [9.17, 15) is 9.59 Å². The molecular weight excluding hydrogens is 266 g/mol. The third-order valence-corrected chi connectivity index (χ3v) is 2.88. The maximum absolute atomic E-state index is 11.7. The molecule has 6 nitrogen and oxygen atoms in total. The van der Waals surface area contributed by atoms with Crippen molar-refractivity contribution in [3.05, 3.63) is 35.8 Å². The van der Waals surface area contributed by atoms with Gasteiger partial charge >= 0.3 is 11.8 Å². The molecule has 2 amide bonds. The van der Waals surface area contributed by atoms with Crippen LogP contribution in [0, 0.1) is 0 Å². The van der Waals surface area contributed by atoms with Crippen molar-refractivity contribution in [1.82, 2.24) is 4.98 Å². The molecule has 0 saturated carbocycles. The van der Waals surface area contributed by atoms with Crippen LogP contribution in [0.5, 0.6) is 5.75 Å². The molecule has 2 N–H and O–H groups in total. The summed E-state index contributed by atoms with van der Waals surface area (Å²) in [5.74, 6) is -0.931. The van der Waals surface area contributed by atoms with E-state index in [4.69, 9.17) is 4.74 Å². The minimum atomic E-state index is -0.766. The number of nitrogens with one attached hydrogen (secondary N) is 2. The molecular formula is C12H11N3O3S. The molecule has 2 rings (SSSR count). The number of amides is 2. The molecule has 0 saturated heterocycles. The van der Waals surface area contributed by atoms with Crippen LogP contribution in [0.3, 0.4) is 0 Å². The van der Waals surface area contributed by atoms with Crippen LogP contribution in [0.1, 0.15) is 0 Å². The Morgan fingerprint density at radius 1 is 1.26 bits per heavy atom. The predicted molar refractivity (Wildman–Crippen MR) is 72.4 cm³/mol. The Morgan fingerprint density at radius 2 is 2.05 bits per heavy atom. The van der Waals surface area contributed by atoms with Crippen molar-refractivity contribution in [3.63, 3.8) is 0 Å². The van der Waals surface area contributed by atoms with Crippen molar-refractivity contribution >= 4 is 34.0 Å². The molecule has 0 atom stereocenters. The molecule has 0 spiro atoms. The van der Waals surface area contributed by atoms with Gasteiger partial charge in [-0.2, -0.15) is 0 Å². The van der Waals surface area contributed by atoms with E-state index in [1.807, 2.05) is 0 Å². The van der Waals surface area contributed by atoms with Crippen LogP contribution < -0.4 is 15.4 Å². The van der Waals surface area contributed by atoms with Gasteiger partial charge in [-0.05, 0) is 12.1 Å². The lowest BCUT2D eigenvalue weighted by Crippen LogP contribution is -2.28. The third-order valence-electron chi connectivity index (χ3n) is 2.19. The molecule has 1 aromatic heterocycles. The van der Waals surface area contributed by atoms with Gasteiger partial charge in [0.25, 0.3) is 0 Å². The van der Waals surface area contributed by atoms with Gasteiger partial charge in [0.2, 0.25) is 0 Å². The fourth-order valence-electron chi connectivity index (χ4n) is 1.33. The van der Waals surface area contributed by atoms with Crippen molar-refractivity contribution in [1.29, 1.82) is 0 Å². The number of hydrogen-bond donors (Lipinski definition) is 2. The van der Waals surface area contributed by atoms with Crippen LogP contribution in [0.4, 0.5) is 10.8 Å². The molecule has 2 aromatic rings. The first-order chi connectivity index (χ1) is 9.19. The van der Waals surface area contributed by atoms with Gasteiger partial charge in [0.15, 0.2) is 5.13 Å². The van der Waals surface area contributed by atoms with Gasteiger partial charge in [0, 0.05) is 23.3 Å². The Bertz CT molecular complexity index is 584. The lowest BCUT2D eigenvalue weighted by molar-refractivity contribution is -0.132. The van der Waals surface area contributed by atoms with Gasteiger partial charge in [-0.15, -0.1) is 11.3 Å². The Labute approximate surface area is 113 Å². The molecule has 0 radical (unpaired) electrons. The number of ether oxygens (including phenoxy) is 1. The highest BCUT2D eigenvalue weighted by Gasteiger charge is 2.15. The number of anilines is 2. The predicted octanol–water partition coefficient (Wildman–Crippen LogP) is 1.73. The molecule has 0 bridgehead atoms. The number of methoxy groups -OCH3 is 1. The average molecular weight is 277 g/mol. The van der Waals surface area contributed by atoms with Crippen molar-refractivity contribution in [2.24, 2.45) is 0 Å². The Morgan fingerprint density at radius 3 is 2.74 bits per heavy atom. The highest BCUT2D eigenvalue weighted by molar-refractivity contribution is 7.13. The number of carbonyl (C=O) groups excluding carboxylic acids is 2. The topological polar surface area (TPSA) is 80.3 Å². The monoisotopic (exact) mass is 277 g/mol. The van der Waals surface area contributed by atoms with Gasteiger partial charge < -0.3 is 10.1 Å². The highest BCUT2D eigenvalue weighted by Crippen LogP contribution is 2.16. The summed E-state index contributed by atoms with van der Waals surface area (Å²) in [6.07, 6.45) is 1.54. The second-order valence-electron chi connectivity index (χ2n) is 3.48. The molecule has 1 heterocycles. The summed E-state index contributed by atoms with van der Waals surface area (Å²) in [5, 5.41) is 6.95. The molecule has 1 aromatic carbocycles. The number of rotatable bonds is 3. The highest BCUT2D eigenvalue weighted by atomic mass is 32.1. The zero-order valence-electron chi connectivity index (χ0n) is 10.0. The standard InChI is InChI=1S/C12H11N3O3S/c1-18-9-4-2-3-8(7-9)14-10(16)11(17)15-12-13-5-6-19-12/h2-7H,1H3,(H,14,16)(H,13,15,17). The quantitative estimate of drug-likeness (QED) is 0.837. The summed E-state index contributed by atoms with van der Waals surface area (Å²) < 4.78 is 5.02. The third kappa shape index (κ3) is 3.52. The largest absolute Gasteiger partial charge is 0.497 e. The summed E-state index contributed by atoms with van der Waals surface area (Å²) in [6, 6.07) is 6.74. The van der Waals surface area contributed by atoms with Crippen molar-refractivity contribution in [2.75, 3.05) is 17.7 Å². The number of thiazole rings is 1. The smallest absolute Gasteiger partial charge is 0.315 e. The molecule has 0 unspecified atom stereocenters. The van der Waals surface area contributed by atoms with Crippen molar-refractivity contribution in [2.45, 2.75) is 0 Å². The SMILES string of the molecule is COc1cccc(NC(=O)C(=O)Nc2nccs2)c1. The normalized spacial score (nSPS) is 9.74. The molecule has 0 aliphatic rings. The van der Waals surface area contributed by atoms with Crippen LogP contribution in [-0.4, -0.2) is 23.9 Å². The zero-order chi connectivity index (χ0) is 13.7. The molecule has 0 fully saturated rings. The fraction of sp³-hybridized carbons (Fsp3) is 0.0833. The van der Waals surface area contributed by atoms with Crippen LogP contribution in [0.2, 0.25) is 0 Å². The maximum Gasteiger partial charge on any atom is 0.315 e. The lowest BCUT2D eigenvalue weighted by Gasteiger charge is -2.06. The maximum atomic E-state index is 11.7. The molecule has 7 heteroatoms. The van der Waals surface area contributed by atoms with E-state index in [1.54, 1.807) is 35.8 Å².